The van der Waals surface area contributed by atoms with Crippen LogP contribution in [-0.2, 0) is 19.1 Å². The molecule has 3 heterocycles. The maximum Gasteiger partial charge on any atom is 0.330 e. The van der Waals surface area contributed by atoms with E-state index in [1.807, 2.05) is 6.92 Å². The number of thioether (sulfide) groups is 1. The summed E-state index contributed by atoms with van der Waals surface area (Å²) in [5, 5.41) is 6.08. The van der Waals surface area contributed by atoms with Crippen molar-refractivity contribution in [3.8, 4) is 0 Å². The molecule has 0 saturated carbocycles. The van der Waals surface area contributed by atoms with Gasteiger partial charge in [0, 0.05) is 18.2 Å². The summed E-state index contributed by atoms with van der Waals surface area (Å²) in [6.45, 7) is 3.23. The Bertz CT molecular complexity index is 661. The topological polar surface area (TPSA) is 102 Å². The molecule has 0 spiro atoms. The molecule has 2 aliphatic heterocycles. The van der Waals surface area contributed by atoms with E-state index in [2.05, 4.69) is 10.5 Å². The fourth-order valence-electron chi connectivity index (χ4n) is 2.83. The number of ether oxygens (including phenoxy) is 1. The van der Waals surface area contributed by atoms with Gasteiger partial charge in [0.15, 0.2) is 12.4 Å². The van der Waals surface area contributed by atoms with E-state index in [4.69, 9.17) is 9.26 Å². The number of rotatable bonds is 4. The predicted octanol–water partition coefficient (Wildman–Crippen LogP) is 0.919. The second-order valence-corrected chi connectivity index (χ2v) is 7.25. The molecule has 0 radical (unpaired) electrons. The summed E-state index contributed by atoms with van der Waals surface area (Å²) in [6.07, 6.45) is 1.17. The van der Waals surface area contributed by atoms with Gasteiger partial charge in [-0.3, -0.25) is 9.59 Å². The Hall–Kier alpha value is -2.03. The number of aryl methyl sites for hydroxylation is 1. The number of carbonyl (C=O) groups excluding carboxylic acids is 3. The minimum absolute atomic E-state index is 0.0398. The number of carbonyl (C=O) groups is 3. The average molecular weight is 339 g/mol. The van der Waals surface area contributed by atoms with E-state index in [-0.39, 0.29) is 16.6 Å². The van der Waals surface area contributed by atoms with E-state index < -0.39 is 24.5 Å². The monoisotopic (exact) mass is 339 g/mol. The Morgan fingerprint density at radius 2 is 2.39 bits per heavy atom. The van der Waals surface area contributed by atoms with Crippen molar-refractivity contribution in [2.45, 2.75) is 37.6 Å². The molecule has 2 saturated heterocycles. The van der Waals surface area contributed by atoms with Crippen molar-refractivity contribution in [3.63, 3.8) is 0 Å². The Kier molecular flexibility index (Phi) is 4.05. The summed E-state index contributed by atoms with van der Waals surface area (Å²) in [5.41, 5.74) is 0. The van der Waals surface area contributed by atoms with Crippen molar-refractivity contribution < 1.29 is 23.6 Å². The zero-order chi connectivity index (χ0) is 16.6. The highest BCUT2D eigenvalue weighted by Gasteiger charge is 2.53. The Labute approximate surface area is 136 Å². The molecule has 2 fully saturated rings. The second kappa shape index (κ2) is 5.88. The van der Waals surface area contributed by atoms with Gasteiger partial charge in [0.05, 0.1) is 4.87 Å². The lowest BCUT2D eigenvalue weighted by Gasteiger charge is -2.29. The molecule has 9 heteroatoms. The van der Waals surface area contributed by atoms with E-state index in [1.54, 1.807) is 29.7 Å². The van der Waals surface area contributed by atoms with Crippen LogP contribution in [0.4, 0.5) is 5.82 Å². The number of anilines is 1. The van der Waals surface area contributed by atoms with Crippen molar-refractivity contribution in [2.24, 2.45) is 0 Å². The third-order valence-electron chi connectivity index (χ3n) is 3.96. The summed E-state index contributed by atoms with van der Waals surface area (Å²) >= 11 is 1.58. The smallest absolute Gasteiger partial charge is 0.330 e. The highest BCUT2D eigenvalue weighted by Crippen LogP contribution is 2.47. The third-order valence-corrected chi connectivity index (χ3v) is 5.46. The molecule has 23 heavy (non-hydrogen) atoms. The molecule has 0 unspecified atom stereocenters. The lowest BCUT2D eigenvalue weighted by Crippen LogP contribution is -2.47. The van der Waals surface area contributed by atoms with Crippen LogP contribution < -0.4 is 5.32 Å². The molecule has 1 aromatic rings. The largest absolute Gasteiger partial charge is 0.454 e. The van der Waals surface area contributed by atoms with Gasteiger partial charge >= 0.3 is 5.97 Å². The molecule has 0 bridgehead atoms. The molecule has 0 aromatic carbocycles. The summed E-state index contributed by atoms with van der Waals surface area (Å²) in [7, 11) is 0. The molecule has 0 aliphatic carbocycles. The molecule has 2 atom stereocenters. The van der Waals surface area contributed by atoms with E-state index in [0.29, 0.717) is 17.9 Å². The summed E-state index contributed by atoms with van der Waals surface area (Å²) in [4.78, 5) is 37.2. The van der Waals surface area contributed by atoms with Gasteiger partial charge in [0.25, 0.3) is 5.91 Å². The highest BCUT2D eigenvalue weighted by molar-refractivity contribution is 8.01. The Balaban J connectivity index is 1.53. The van der Waals surface area contributed by atoms with Crippen LogP contribution in [0.1, 0.15) is 25.5 Å². The highest BCUT2D eigenvalue weighted by atomic mass is 32.2. The number of esters is 1. The molecule has 1 N–H and O–H groups in total. The van der Waals surface area contributed by atoms with Crippen LogP contribution in [0.2, 0.25) is 0 Å². The van der Waals surface area contributed by atoms with E-state index >= 15 is 0 Å². The van der Waals surface area contributed by atoms with E-state index in [1.165, 1.54) is 0 Å². The van der Waals surface area contributed by atoms with Gasteiger partial charge < -0.3 is 19.5 Å². The average Bonchev–Trinajstić information content (AvgIpc) is 3.13. The predicted molar refractivity (Wildman–Crippen MR) is 81.6 cm³/mol. The quantitative estimate of drug-likeness (QED) is 0.814. The summed E-state index contributed by atoms with van der Waals surface area (Å²) in [6, 6.07) is 0.934. The van der Waals surface area contributed by atoms with Crippen molar-refractivity contribution >= 4 is 35.4 Å². The van der Waals surface area contributed by atoms with Gasteiger partial charge in [-0.2, -0.15) is 0 Å². The van der Waals surface area contributed by atoms with E-state index in [9.17, 15) is 14.4 Å². The maximum atomic E-state index is 12.2. The van der Waals surface area contributed by atoms with Gasteiger partial charge in [0.1, 0.15) is 11.8 Å². The van der Waals surface area contributed by atoms with Gasteiger partial charge in [0.2, 0.25) is 5.91 Å². The second-order valence-electron chi connectivity index (χ2n) is 5.74. The van der Waals surface area contributed by atoms with Crippen LogP contribution in [0.3, 0.4) is 0 Å². The zero-order valence-electron chi connectivity index (χ0n) is 12.8. The molecule has 2 aliphatic rings. The van der Waals surface area contributed by atoms with Gasteiger partial charge in [-0.05, 0) is 20.3 Å². The zero-order valence-corrected chi connectivity index (χ0v) is 13.6. The van der Waals surface area contributed by atoms with Gasteiger partial charge in [-0.1, -0.05) is 5.16 Å². The molecule has 124 valence electrons. The van der Waals surface area contributed by atoms with Gasteiger partial charge in [-0.25, -0.2) is 4.79 Å². The first-order valence-electron chi connectivity index (χ1n) is 7.25. The number of nitrogens with one attached hydrogen (secondary N) is 1. The number of amides is 2. The van der Waals surface area contributed by atoms with Crippen LogP contribution in [0.25, 0.3) is 0 Å². The first-order valence-corrected chi connectivity index (χ1v) is 8.23. The number of hydrogen-bond acceptors (Lipinski definition) is 7. The fraction of sp³-hybridized carbons (Fsp3) is 0.571. The SMILES string of the molecule is Cc1cc(NC(=O)COC(=O)[C@H]2CS[C@]3(C)CCC(=O)N23)no1. The first-order chi connectivity index (χ1) is 10.9. The molecule has 3 rings (SSSR count). The number of fused-ring (bicyclic) bond motifs is 1. The number of nitrogens with zero attached hydrogens (tertiary/aromatic N) is 2. The van der Waals surface area contributed by atoms with Crippen molar-refractivity contribution in [1.29, 1.82) is 0 Å². The van der Waals surface area contributed by atoms with Crippen LogP contribution in [-0.4, -0.2) is 51.1 Å². The Morgan fingerprint density at radius 3 is 3.09 bits per heavy atom. The minimum Gasteiger partial charge on any atom is -0.454 e. The van der Waals surface area contributed by atoms with Crippen LogP contribution in [0.15, 0.2) is 10.6 Å². The van der Waals surface area contributed by atoms with Crippen molar-refractivity contribution in [3.05, 3.63) is 11.8 Å². The maximum absolute atomic E-state index is 12.2. The first kappa shape index (κ1) is 15.9. The molecule has 8 nitrogen and oxygen atoms in total. The van der Waals surface area contributed by atoms with Crippen LogP contribution in [0.5, 0.6) is 0 Å². The summed E-state index contributed by atoms with van der Waals surface area (Å²) < 4.78 is 9.87. The van der Waals surface area contributed by atoms with Crippen LogP contribution in [0, 0.1) is 6.92 Å². The lowest BCUT2D eigenvalue weighted by atomic mass is 10.2. The fourth-order valence-corrected chi connectivity index (χ4v) is 4.25. The molecule has 2 amide bonds. The standard InChI is InChI=1S/C14H17N3O5S/c1-8-5-10(16-22-8)15-11(18)6-21-13(20)9-7-23-14(2)4-3-12(19)17(9)14/h5,9H,3-4,6-7H2,1-2H3,(H,15,16,18)/t9-,14-/m1/s1. The van der Waals surface area contributed by atoms with E-state index in [0.717, 1.165) is 6.42 Å². The molecular formula is C14H17N3O5S. The van der Waals surface area contributed by atoms with Crippen LogP contribution >= 0.6 is 11.8 Å². The number of aromatic nitrogens is 1. The Morgan fingerprint density at radius 1 is 1.61 bits per heavy atom. The normalized spacial score (nSPS) is 26.3. The third kappa shape index (κ3) is 3.05. The minimum atomic E-state index is -0.623. The molecule has 1 aromatic heterocycles. The lowest BCUT2D eigenvalue weighted by molar-refractivity contribution is -0.155. The number of hydrogen-bond donors (Lipinski definition) is 1. The van der Waals surface area contributed by atoms with Gasteiger partial charge in [-0.15, -0.1) is 11.8 Å². The summed E-state index contributed by atoms with van der Waals surface area (Å²) in [5.74, 6) is 0.220. The molecular weight excluding hydrogens is 322 g/mol. The van der Waals surface area contributed by atoms with Crippen molar-refractivity contribution in [2.75, 3.05) is 17.7 Å². The van der Waals surface area contributed by atoms with Crippen molar-refractivity contribution in [1.82, 2.24) is 10.1 Å².